The van der Waals surface area contributed by atoms with E-state index >= 15 is 0 Å². The lowest BCUT2D eigenvalue weighted by Gasteiger charge is -2.19. The Hall–Kier alpha value is -2.90. The molecule has 0 saturated heterocycles. The van der Waals surface area contributed by atoms with Crippen molar-refractivity contribution in [3.63, 3.8) is 0 Å². The Morgan fingerprint density at radius 1 is 0.362 bits per heavy atom. The Balaban J connectivity index is 3.23. The van der Waals surface area contributed by atoms with E-state index in [1.165, 1.54) is 102 Å². The van der Waals surface area contributed by atoms with E-state index in [0.29, 0.717) is 38.0 Å². The summed E-state index contributed by atoms with van der Waals surface area (Å²) >= 11 is 0. The molecule has 4 amide bonds. The number of unbranched alkanes of at least 4 members (excludes halogenated alkanes) is 20. The van der Waals surface area contributed by atoms with Gasteiger partial charge in [-0.05, 0) is 49.7 Å². The van der Waals surface area contributed by atoms with Crippen molar-refractivity contribution in [3.8, 4) is 0 Å². The highest BCUT2D eigenvalue weighted by Gasteiger charge is 2.26. The van der Waals surface area contributed by atoms with Crippen LogP contribution in [-0.4, -0.2) is 49.8 Å². The highest BCUT2D eigenvalue weighted by Crippen LogP contribution is 2.21. The first-order valence-corrected chi connectivity index (χ1v) is 24.6. The van der Waals surface area contributed by atoms with Crippen LogP contribution in [0.1, 0.15) is 263 Å². The van der Waals surface area contributed by atoms with Gasteiger partial charge >= 0.3 is 0 Å². The van der Waals surface area contributed by atoms with Crippen LogP contribution in [-0.2, 0) is 0 Å². The molecule has 8 nitrogen and oxygen atoms in total. The zero-order valence-electron chi connectivity index (χ0n) is 38.6. The Morgan fingerprint density at radius 3 is 0.897 bits per heavy atom. The number of hydrogen-bond donors (Lipinski definition) is 4. The Bertz CT molecular complexity index is 1140. The molecule has 0 aliphatic rings. The van der Waals surface area contributed by atoms with Crippen LogP contribution in [0.15, 0.2) is 12.1 Å². The molecule has 0 saturated carbocycles. The molecule has 0 spiro atoms. The number of benzene rings is 1. The molecule has 2 unspecified atom stereocenters. The number of carbonyl (C=O) groups is 4. The van der Waals surface area contributed by atoms with Crippen molar-refractivity contribution in [2.75, 3.05) is 26.2 Å². The van der Waals surface area contributed by atoms with Crippen LogP contribution in [0.2, 0.25) is 0 Å². The first-order valence-electron chi connectivity index (χ1n) is 24.6. The minimum atomic E-state index is -0.389. The molecule has 0 heterocycles. The van der Waals surface area contributed by atoms with Gasteiger partial charge in [0, 0.05) is 26.2 Å². The summed E-state index contributed by atoms with van der Waals surface area (Å²) in [7, 11) is 0. The third-order valence-corrected chi connectivity index (χ3v) is 12.0. The molecule has 0 radical (unpaired) electrons. The summed E-state index contributed by atoms with van der Waals surface area (Å²) in [5, 5.41) is 12.3. The predicted molar refractivity (Wildman–Crippen MR) is 246 cm³/mol. The van der Waals surface area contributed by atoms with Gasteiger partial charge in [-0.15, -0.1) is 0 Å². The zero-order valence-corrected chi connectivity index (χ0v) is 38.6. The molecule has 0 aliphatic carbocycles. The summed E-state index contributed by atoms with van der Waals surface area (Å²) in [6.07, 6.45) is 32.3. The molecule has 4 N–H and O–H groups in total. The molecule has 2 atom stereocenters. The average Bonchev–Trinajstić information content (AvgIpc) is 3.23. The second-order valence-corrected chi connectivity index (χ2v) is 17.1. The topological polar surface area (TPSA) is 116 Å². The van der Waals surface area contributed by atoms with Gasteiger partial charge in [0.1, 0.15) is 0 Å². The van der Waals surface area contributed by atoms with E-state index in [1.807, 2.05) is 0 Å². The molecule has 1 aromatic carbocycles. The molecule has 8 heteroatoms. The molecular formula is C50H90N4O4. The van der Waals surface area contributed by atoms with Gasteiger partial charge < -0.3 is 21.3 Å². The largest absolute Gasteiger partial charge is 0.352 e. The van der Waals surface area contributed by atoms with Crippen LogP contribution in [0.5, 0.6) is 0 Å². The van der Waals surface area contributed by atoms with E-state index in [9.17, 15) is 19.2 Å². The summed E-state index contributed by atoms with van der Waals surface area (Å²) in [5.74, 6) is -0.907. The van der Waals surface area contributed by atoms with Crippen LogP contribution in [0.25, 0.3) is 0 Å². The van der Waals surface area contributed by atoms with E-state index in [4.69, 9.17) is 0 Å². The number of amides is 4. The van der Waals surface area contributed by atoms with Crippen molar-refractivity contribution in [1.29, 1.82) is 0 Å². The molecule has 0 aromatic heterocycles. The highest BCUT2D eigenvalue weighted by molar-refractivity contribution is 6.14. The molecule has 58 heavy (non-hydrogen) atoms. The van der Waals surface area contributed by atoms with Crippen molar-refractivity contribution in [2.45, 2.75) is 221 Å². The standard InChI is InChI=1S/C50H90N4O4/c1-7-13-17-19-21-23-25-27-29-31-35-51-47(55)43-37-44(48(56)52-36-32-30-28-26-24-22-20-18-14-8-2)46(50(58)54-40-42(12-6)34-16-10-4)38-45(43)49(57)53-39-41(11-5)33-15-9-3/h37-38,41-42H,7-36,39-40H2,1-6H3,(H,51,55)(H,52,56)(H,53,57)(H,54,58). The van der Waals surface area contributed by atoms with Gasteiger partial charge in [-0.2, -0.15) is 0 Å². The van der Waals surface area contributed by atoms with Gasteiger partial charge in [0.2, 0.25) is 0 Å². The summed E-state index contributed by atoms with van der Waals surface area (Å²) in [5.41, 5.74) is 0.558. The maximum absolute atomic E-state index is 14.0. The Kier molecular flexibility index (Phi) is 33.0. The zero-order chi connectivity index (χ0) is 42.6. The summed E-state index contributed by atoms with van der Waals surface area (Å²) in [6.45, 7) is 15.1. The van der Waals surface area contributed by atoms with Gasteiger partial charge in [-0.1, -0.05) is 196 Å². The van der Waals surface area contributed by atoms with Gasteiger partial charge in [0.25, 0.3) is 23.6 Å². The Morgan fingerprint density at radius 2 is 0.621 bits per heavy atom. The number of nitrogens with one attached hydrogen (secondary N) is 4. The number of rotatable bonds is 38. The summed E-state index contributed by atoms with van der Waals surface area (Å²) in [6, 6.07) is 2.99. The van der Waals surface area contributed by atoms with E-state index in [2.05, 4.69) is 62.8 Å². The SMILES string of the molecule is CCCCCCCCCCCCNC(=O)c1cc(C(=O)NCCCCCCCCCCCC)c(C(=O)NCC(CC)CCCC)cc1C(=O)NCC(CC)CCCC. The number of hydrogen-bond acceptors (Lipinski definition) is 4. The first-order chi connectivity index (χ1) is 28.3. The van der Waals surface area contributed by atoms with Crippen molar-refractivity contribution in [2.24, 2.45) is 11.8 Å². The van der Waals surface area contributed by atoms with Crippen LogP contribution >= 0.6 is 0 Å². The first kappa shape index (κ1) is 53.1. The van der Waals surface area contributed by atoms with E-state index < -0.39 is 0 Å². The smallest absolute Gasteiger partial charge is 0.252 e. The second-order valence-electron chi connectivity index (χ2n) is 17.1. The normalized spacial score (nSPS) is 12.2. The lowest BCUT2D eigenvalue weighted by molar-refractivity contribution is 0.0903. The number of carbonyl (C=O) groups excluding carboxylic acids is 4. The second kappa shape index (κ2) is 36.0. The maximum atomic E-state index is 14.0. The van der Waals surface area contributed by atoms with Crippen molar-refractivity contribution in [3.05, 3.63) is 34.4 Å². The molecule has 0 fully saturated rings. The van der Waals surface area contributed by atoms with E-state index in [-0.39, 0.29) is 45.9 Å². The monoisotopic (exact) mass is 811 g/mol. The minimum Gasteiger partial charge on any atom is -0.352 e. The minimum absolute atomic E-state index is 0.139. The van der Waals surface area contributed by atoms with Gasteiger partial charge in [0.05, 0.1) is 22.3 Å². The van der Waals surface area contributed by atoms with Crippen molar-refractivity contribution in [1.82, 2.24) is 21.3 Å². The van der Waals surface area contributed by atoms with Crippen LogP contribution < -0.4 is 21.3 Å². The van der Waals surface area contributed by atoms with Gasteiger partial charge in [-0.25, -0.2) is 0 Å². The fourth-order valence-electron chi connectivity index (χ4n) is 7.72. The molecule has 0 aliphatic heterocycles. The lowest BCUT2D eigenvalue weighted by atomic mass is 9.94. The van der Waals surface area contributed by atoms with Crippen molar-refractivity contribution < 1.29 is 19.2 Å². The van der Waals surface area contributed by atoms with Crippen molar-refractivity contribution >= 4 is 23.6 Å². The van der Waals surface area contributed by atoms with Crippen LogP contribution in [0.4, 0.5) is 0 Å². The van der Waals surface area contributed by atoms with Gasteiger partial charge in [-0.3, -0.25) is 19.2 Å². The summed E-state index contributed by atoms with van der Waals surface area (Å²) < 4.78 is 0. The lowest BCUT2D eigenvalue weighted by Crippen LogP contribution is -2.36. The van der Waals surface area contributed by atoms with Gasteiger partial charge in [0.15, 0.2) is 0 Å². The molecule has 0 bridgehead atoms. The van der Waals surface area contributed by atoms with E-state index in [0.717, 1.165) is 89.9 Å². The quantitative estimate of drug-likeness (QED) is 0.0498. The molecule has 1 aromatic rings. The average molecular weight is 811 g/mol. The summed E-state index contributed by atoms with van der Waals surface area (Å²) in [4.78, 5) is 55.8. The van der Waals surface area contributed by atoms with Crippen LogP contribution in [0, 0.1) is 11.8 Å². The molecule has 1 rings (SSSR count). The fourth-order valence-corrected chi connectivity index (χ4v) is 7.72. The Labute approximate surface area is 356 Å². The third-order valence-electron chi connectivity index (χ3n) is 12.0. The van der Waals surface area contributed by atoms with Crippen LogP contribution in [0.3, 0.4) is 0 Å². The third kappa shape index (κ3) is 24.2. The van der Waals surface area contributed by atoms with E-state index in [1.54, 1.807) is 0 Å². The fraction of sp³-hybridized carbons (Fsp3) is 0.800. The molecular weight excluding hydrogens is 721 g/mol. The predicted octanol–water partition coefficient (Wildman–Crippen LogP) is 12.9. The maximum Gasteiger partial charge on any atom is 0.252 e. The molecule has 334 valence electrons. The highest BCUT2D eigenvalue weighted by atomic mass is 16.2.